The smallest absolute Gasteiger partial charge is 0.343 e. The number of amidine groups is 1. The summed E-state index contributed by atoms with van der Waals surface area (Å²) >= 11 is 0. The highest BCUT2D eigenvalue weighted by Crippen LogP contribution is 2.23. The Bertz CT molecular complexity index is 873. The number of nitrogens with zero attached hydrogens (tertiary/aromatic N) is 3. The van der Waals surface area contributed by atoms with Crippen molar-refractivity contribution >= 4 is 17.3 Å². The van der Waals surface area contributed by atoms with Crippen LogP contribution >= 0.6 is 0 Å². The van der Waals surface area contributed by atoms with Gasteiger partial charge in [-0.1, -0.05) is 44.5 Å². The van der Waals surface area contributed by atoms with Crippen molar-refractivity contribution in [2.45, 2.75) is 26.2 Å². The van der Waals surface area contributed by atoms with Crippen molar-refractivity contribution in [3.05, 3.63) is 58.8 Å². The highest BCUT2D eigenvalue weighted by atomic mass is 16.5. The summed E-state index contributed by atoms with van der Waals surface area (Å²) < 4.78 is 5.17. The number of benzene rings is 1. The molecule has 6 heteroatoms. The zero-order chi connectivity index (χ0) is 17.7. The fraction of sp³-hybridized carbons (Fsp3) is 0.222. The van der Waals surface area contributed by atoms with Crippen molar-refractivity contribution in [1.82, 2.24) is 5.16 Å². The van der Waals surface area contributed by atoms with Crippen LogP contribution in [0.3, 0.4) is 0 Å². The van der Waals surface area contributed by atoms with E-state index in [1.54, 1.807) is 24.3 Å². The highest BCUT2D eigenvalue weighted by molar-refractivity contribution is 6.48. The third-order valence-corrected chi connectivity index (χ3v) is 3.11. The number of ketones is 1. The van der Waals surface area contributed by atoms with Crippen molar-refractivity contribution in [3.8, 4) is 12.3 Å². The topological polar surface area (TPSA) is 71.8 Å². The molecule has 0 fully saturated rings. The Kier molecular flexibility index (Phi) is 4.81. The summed E-state index contributed by atoms with van der Waals surface area (Å²) in [5.74, 6) is 2.11. The van der Waals surface area contributed by atoms with Gasteiger partial charge in [0.15, 0.2) is 0 Å². The molecule has 0 unspecified atom stereocenters. The number of nitrogens with one attached hydrogen (secondary N) is 1. The minimum atomic E-state index is -0.607. The fourth-order valence-corrected chi connectivity index (χ4v) is 1.77. The first-order valence-electron chi connectivity index (χ1n) is 7.15. The molecule has 0 atom stereocenters. The average molecular weight is 320 g/mol. The summed E-state index contributed by atoms with van der Waals surface area (Å²) in [6, 6.07) is 8.45. The molecular weight excluding hydrogens is 304 g/mol. The number of hydrogen-bond acceptors (Lipinski definition) is 5. The van der Waals surface area contributed by atoms with Gasteiger partial charge in [-0.3, -0.25) is 4.79 Å². The summed E-state index contributed by atoms with van der Waals surface area (Å²) in [5.41, 5.74) is 3.67. The lowest BCUT2D eigenvalue weighted by Crippen LogP contribution is -2.13. The molecule has 1 N–H and O–H groups in total. The third kappa shape index (κ3) is 3.88. The largest absolute Gasteiger partial charge is 0.360 e. The molecule has 1 aromatic heterocycles. The number of carbonyl (C=O) groups excluding carboxylic acids is 1. The van der Waals surface area contributed by atoms with Gasteiger partial charge in [0.2, 0.25) is 5.78 Å². The van der Waals surface area contributed by atoms with Crippen LogP contribution < -0.4 is 5.43 Å². The summed E-state index contributed by atoms with van der Waals surface area (Å²) in [5, 5.41) is 7.58. The quantitative estimate of drug-likeness (QED) is 0.234. The van der Waals surface area contributed by atoms with E-state index in [0.29, 0.717) is 17.0 Å². The Balaban J connectivity index is 2.21. The fourth-order valence-electron chi connectivity index (χ4n) is 1.77. The van der Waals surface area contributed by atoms with Crippen LogP contribution in [0.1, 0.15) is 42.6 Å². The Morgan fingerprint density at radius 3 is 2.75 bits per heavy atom. The van der Waals surface area contributed by atoms with Gasteiger partial charge < -0.3 is 9.37 Å². The number of hydrogen-bond donors (Lipinski definition) is 1. The zero-order valence-corrected chi connectivity index (χ0v) is 13.6. The third-order valence-electron chi connectivity index (χ3n) is 3.11. The van der Waals surface area contributed by atoms with Gasteiger partial charge in [0.25, 0.3) is 0 Å². The van der Waals surface area contributed by atoms with E-state index in [1.807, 2.05) is 20.8 Å². The van der Waals surface area contributed by atoms with Gasteiger partial charge in [0, 0.05) is 17.0 Å². The lowest BCUT2D eigenvalue weighted by Gasteiger charge is -2.11. The molecule has 2 rings (SSSR count). The average Bonchev–Trinajstić information content (AvgIpc) is 3.05. The van der Waals surface area contributed by atoms with E-state index in [9.17, 15) is 4.79 Å². The molecule has 0 spiro atoms. The SMILES string of the molecule is [C-]#[N+]/C(=N\Nc1cccc(C#C)c1)C(=O)c1cc(C(C)(C)C)on1. The molecule has 0 bridgehead atoms. The molecule has 0 aliphatic carbocycles. The van der Waals surface area contributed by atoms with E-state index in [0.717, 1.165) is 0 Å². The number of carbonyl (C=O) groups is 1. The maximum Gasteiger partial charge on any atom is 0.343 e. The zero-order valence-electron chi connectivity index (χ0n) is 13.6. The molecule has 0 radical (unpaired) electrons. The summed E-state index contributed by atoms with van der Waals surface area (Å²) in [6.07, 6.45) is 5.33. The van der Waals surface area contributed by atoms with E-state index < -0.39 is 5.78 Å². The van der Waals surface area contributed by atoms with Crippen LogP contribution in [0.4, 0.5) is 5.69 Å². The lowest BCUT2D eigenvalue weighted by molar-refractivity contribution is 0.105. The molecule has 0 saturated heterocycles. The van der Waals surface area contributed by atoms with Gasteiger partial charge in [0.05, 0.1) is 5.69 Å². The van der Waals surface area contributed by atoms with Crippen LogP contribution in [0, 0.1) is 18.9 Å². The minimum absolute atomic E-state index is 0.0499. The van der Waals surface area contributed by atoms with Crippen molar-refractivity contribution in [3.63, 3.8) is 0 Å². The number of Topliss-reactive ketones (excluding diaryl/α,β-unsaturated/α-hetero) is 1. The van der Waals surface area contributed by atoms with E-state index >= 15 is 0 Å². The van der Waals surface area contributed by atoms with Gasteiger partial charge in [0.1, 0.15) is 11.5 Å². The van der Waals surface area contributed by atoms with Crippen LogP contribution in [0.2, 0.25) is 0 Å². The van der Waals surface area contributed by atoms with Crippen LogP contribution in [0.15, 0.2) is 40.0 Å². The second-order valence-electron chi connectivity index (χ2n) is 6.04. The van der Waals surface area contributed by atoms with E-state index in [1.165, 1.54) is 6.07 Å². The normalized spacial score (nSPS) is 11.5. The number of hydrazone groups is 1. The van der Waals surface area contributed by atoms with Gasteiger partial charge in [-0.25, -0.2) is 5.43 Å². The number of rotatable bonds is 4. The van der Waals surface area contributed by atoms with Crippen molar-refractivity contribution in [2.75, 3.05) is 5.43 Å². The molecular formula is C18H16N4O2. The van der Waals surface area contributed by atoms with Gasteiger partial charge in [-0.05, 0) is 23.3 Å². The summed E-state index contributed by atoms with van der Waals surface area (Å²) in [6.45, 7) is 13.0. The minimum Gasteiger partial charge on any atom is -0.360 e. The first-order chi connectivity index (χ1) is 11.3. The Labute approximate surface area is 140 Å². The highest BCUT2D eigenvalue weighted by Gasteiger charge is 2.24. The Morgan fingerprint density at radius 1 is 1.42 bits per heavy atom. The first kappa shape index (κ1) is 17.0. The Morgan fingerprint density at radius 2 is 2.17 bits per heavy atom. The second-order valence-corrected chi connectivity index (χ2v) is 6.04. The first-order valence-corrected chi connectivity index (χ1v) is 7.15. The summed E-state index contributed by atoms with van der Waals surface area (Å²) in [7, 11) is 0. The van der Waals surface area contributed by atoms with Crippen LogP contribution in [0.25, 0.3) is 4.85 Å². The van der Waals surface area contributed by atoms with Crippen LogP contribution in [0.5, 0.6) is 0 Å². The van der Waals surface area contributed by atoms with Crippen LogP contribution in [-0.4, -0.2) is 16.8 Å². The molecule has 6 nitrogen and oxygen atoms in total. The van der Waals surface area contributed by atoms with Gasteiger partial charge in [-0.15, -0.1) is 6.42 Å². The van der Waals surface area contributed by atoms with Crippen molar-refractivity contribution in [2.24, 2.45) is 5.10 Å². The van der Waals surface area contributed by atoms with Crippen molar-refractivity contribution in [1.29, 1.82) is 0 Å². The van der Waals surface area contributed by atoms with Crippen LogP contribution in [-0.2, 0) is 5.41 Å². The molecule has 0 aliphatic rings. The van der Waals surface area contributed by atoms with Crippen molar-refractivity contribution < 1.29 is 9.32 Å². The molecule has 1 heterocycles. The summed E-state index contributed by atoms with van der Waals surface area (Å²) in [4.78, 5) is 15.5. The molecule has 120 valence electrons. The van der Waals surface area contributed by atoms with Gasteiger partial charge in [-0.2, -0.15) is 0 Å². The standard InChI is InChI=1S/C18H16N4O2/c1-6-12-8-7-9-13(10-12)20-21-17(19-5)16(23)14-11-15(24-22-14)18(2,3)4/h1,7-11,20H,2-4H3/b21-17-. The number of aromatic nitrogens is 1. The van der Waals surface area contributed by atoms with Gasteiger partial charge >= 0.3 is 5.84 Å². The molecule has 0 aliphatic heterocycles. The predicted molar refractivity (Wildman–Crippen MR) is 91.6 cm³/mol. The molecule has 2 aromatic rings. The Hall–Kier alpha value is -3.38. The molecule has 0 amide bonds. The molecule has 0 saturated carbocycles. The van der Waals surface area contributed by atoms with E-state index in [4.69, 9.17) is 17.5 Å². The monoisotopic (exact) mass is 320 g/mol. The second kappa shape index (κ2) is 6.80. The molecule has 1 aromatic carbocycles. The lowest BCUT2D eigenvalue weighted by atomic mass is 9.93. The molecule has 24 heavy (non-hydrogen) atoms. The number of terminal acetylenes is 1. The number of anilines is 1. The van der Waals surface area contributed by atoms with E-state index in [2.05, 4.69) is 26.4 Å². The maximum absolute atomic E-state index is 12.3. The van der Waals surface area contributed by atoms with E-state index in [-0.39, 0.29) is 16.9 Å². The predicted octanol–water partition coefficient (Wildman–Crippen LogP) is 3.48. The maximum atomic E-state index is 12.3.